The molecule has 3 atom stereocenters. The number of carbonyl (C=O) groups is 1. The molecule has 1 saturated carbocycles. The third-order valence-corrected chi connectivity index (χ3v) is 6.88. The van der Waals surface area contributed by atoms with E-state index in [4.69, 9.17) is 0 Å². The minimum absolute atomic E-state index is 0.0157. The van der Waals surface area contributed by atoms with Crippen LogP contribution >= 0.6 is 0 Å². The summed E-state index contributed by atoms with van der Waals surface area (Å²) in [7, 11) is 0. The fourth-order valence-electron chi connectivity index (χ4n) is 4.62. The summed E-state index contributed by atoms with van der Waals surface area (Å²) < 4.78 is 1.78. The van der Waals surface area contributed by atoms with Crippen LogP contribution in [0.4, 0.5) is 5.69 Å². The zero-order valence-electron chi connectivity index (χ0n) is 16.0. The van der Waals surface area contributed by atoms with Crippen molar-refractivity contribution in [2.24, 2.45) is 16.7 Å². The monoisotopic (exact) mass is 368 g/mol. The molecule has 2 aliphatic rings. The first-order valence-electron chi connectivity index (χ1n) is 9.23. The van der Waals surface area contributed by atoms with Crippen molar-refractivity contribution in [3.8, 4) is 11.4 Å². The lowest BCUT2D eigenvalue weighted by Crippen LogP contribution is -2.45. The first-order chi connectivity index (χ1) is 12.7. The summed E-state index contributed by atoms with van der Waals surface area (Å²) in [5.74, 6) is -0.222. The number of rotatable bonds is 2. The molecule has 1 fully saturated rings. The number of benzene rings is 1. The maximum absolute atomic E-state index is 12.2. The quantitative estimate of drug-likeness (QED) is 0.845. The summed E-state index contributed by atoms with van der Waals surface area (Å²) in [6.07, 6.45) is 1.09. The lowest BCUT2D eigenvalue weighted by Gasteiger charge is -2.43. The van der Waals surface area contributed by atoms with E-state index < -0.39 is 16.8 Å². The molecule has 0 bridgehead atoms. The molecule has 4 rings (SSSR count). The van der Waals surface area contributed by atoms with Crippen molar-refractivity contribution in [3.05, 3.63) is 40.3 Å². The minimum Gasteiger partial charge on any atom is -0.481 e. The predicted octanol–water partition coefficient (Wildman–Crippen LogP) is 3.06. The Morgan fingerprint density at radius 3 is 2.67 bits per heavy atom. The van der Waals surface area contributed by atoms with Crippen LogP contribution in [0.2, 0.25) is 0 Å². The number of anilines is 1. The molecule has 0 spiro atoms. The van der Waals surface area contributed by atoms with E-state index in [-0.39, 0.29) is 17.6 Å². The van der Waals surface area contributed by atoms with Crippen molar-refractivity contribution in [1.29, 1.82) is 0 Å². The Balaban J connectivity index is 1.88. The molecule has 2 N–H and O–H groups in total. The lowest BCUT2D eigenvalue weighted by molar-refractivity contribution is -0.154. The van der Waals surface area contributed by atoms with Gasteiger partial charge in [-0.25, -0.2) is 4.68 Å². The molecule has 1 aromatic heterocycles. The molecule has 7 heteroatoms. The van der Waals surface area contributed by atoms with Gasteiger partial charge < -0.3 is 10.4 Å². The highest BCUT2D eigenvalue weighted by atomic mass is 16.4. The van der Waals surface area contributed by atoms with Gasteiger partial charge in [-0.2, -0.15) is 10.1 Å². The van der Waals surface area contributed by atoms with Gasteiger partial charge in [-0.1, -0.05) is 26.0 Å². The van der Waals surface area contributed by atoms with E-state index >= 15 is 0 Å². The highest BCUT2D eigenvalue weighted by Crippen LogP contribution is 2.59. The van der Waals surface area contributed by atoms with Crippen molar-refractivity contribution in [2.45, 2.75) is 46.7 Å². The van der Waals surface area contributed by atoms with E-state index in [0.717, 1.165) is 17.7 Å². The Morgan fingerprint density at radius 2 is 2.00 bits per heavy atom. The molecule has 0 unspecified atom stereocenters. The lowest BCUT2D eigenvalue weighted by atomic mass is 9.65. The summed E-state index contributed by atoms with van der Waals surface area (Å²) in [6, 6.07) is 7.70. The summed E-state index contributed by atoms with van der Waals surface area (Å²) in [5, 5.41) is 17.9. The largest absolute Gasteiger partial charge is 0.481 e. The predicted molar refractivity (Wildman–Crippen MR) is 101 cm³/mol. The molecule has 2 aromatic rings. The molecule has 7 nitrogen and oxygen atoms in total. The molecular formula is C20H24N4O3. The minimum atomic E-state index is -0.821. The molecule has 1 aromatic carbocycles. The van der Waals surface area contributed by atoms with Crippen LogP contribution < -0.4 is 10.9 Å². The maximum atomic E-state index is 12.2. The number of para-hydroxylation sites is 1. The molecular weight excluding hydrogens is 344 g/mol. The van der Waals surface area contributed by atoms with E-state index in [1.165, 1.54) is 0 Å². The third kappa shape index (κ3) is 2.33. The Labute approximate surface area is 157 Å². The highest BCUT2D eigenvalue weighted by Gasteiger charge is 2.59. The number of carboxylic acid groups (broad SMARTS) is 1. The second-order valence-corrected chi connectivity index (χ2v) is 8.41. The van der Waals surface area contributed by atoms with Gasteiger partial charge in [0.1, 0.15) is 11.9 Å². The zero-order valence-corrected chi connectivity index (χ0v) is 16.0. The van der Waals surface area contributed by atoms with Gasteiger partial charge in [0, 0.05) is 17.2 Å². The van der Waals surface area contributed by atoms with Gasteiger partial charge in [-0.15, -0.1) is 0 Å². The number of fused-ring (bicyclic) bond motifs is 3. The van der Waals surface area contributed by atoms with Crippen molar-refractivity contribution < 1.29 is 9.90 Å². The molecule has 1 aliphatic carbocycles. The molecule has 2 heterocycles. The van der Waals surface area contributed by atoms with Crippen molar-refractivity contribution in [2.75, 3.05) is 5.32 Å². The summed E-state index contributed by atoms with van der Waals surface area (Å²) in [5.41, 5.74) is 0.422. The Bertz CT molecular complexity index is 997. The average Bonchev–Trinajstić information content (AvgIpc) is 2.86. The van der Waals surface area contributed by atoms with Crippen LogP contribution in [0.5, 0.6) is 0 Å². The van der Waals surface area contributed by atoms with Crippen LogP contribution in [0.25, 0.3) is 11.4 Å². The van der Waals surface area contributed by atoms with E-state index in [1.807, 2.05) is 45.0 Å². The van der Waals surface area contributed by atoms with Crippen LogP contribution in [-0.4, -0.2) is 25.8 Å². The van der Waals surface area contributed by atoms with Crippen LogP contribution in [0.15, 0.2) is 29.1 Å². The molecule has 142 valence electrons. The summed E-state index contributed by atoms with van der Waals surface area (Å²) in [6.45, 7) is 7.52. The Hall–Kier alpha value is -2.70. The van der Waals surface area contributed by atoms with Gasteiger partial charge >= 0.3 is 5.97 Å². The molecule has 1 aliphatic heterocycles. The van der Waals surface area contributed by atoms with Gasteiger partial charge in [-0.05, 0) is 44.2 Å². The van der Waals surface area contributed by atoms with E-state index in [9.17, 15) is 14.7 Å². The number of aryl methyl sites for hydroxylation is 1. The zero-order chi connectivity index (χ0) is 19.6. The van der Waals surface area contributed by atoms with Gasteiger partial charge in [0.05, 0.1) is 5.41 Å². The molecule has 27 heavy (non-hydrogen) atoms. The van der Waals surface area contributed by atoms with E-state index in [1.54, 1.807) is 11.6 Å². The number of hydrogen-bond donors (Lipinski definition) is 2. The first-order valence-corrected chi connectivity index (χ1v) is 9.23. The number of nitrogens with one attached hydrogen (secondary N) is 1. The van der Waals surface area contributed by atoms with E-state index in [0.29, 0.717) is 17.9 Å². The van der Waals surface area contributed by atoms with Gasteiger partial charge in [0.25, 0.3) is 5.56 Å². The average molecular weight is 368 g/mol. The van der Waals surface area contributed by atoms with Crippen molar-refractivity contribution >= 4 is 11.7 Å². The van der Waals surface area contributed by atoms with E-state index in [2.05, 4.69) is 15.4 Å². The molecule has 0 radical (unpaired) electrons. The van der Waals surface area contributed by atoms with Crippen LogP contribution in [-0.2, 0) is 4.79 Å². The van der Waals surface area contributed by atoms with Gasteiger partial charge in [-0.3, -0.25) is 9.59 Å². The molecule has 0 amide bonds. The number of nitrogens with zero attached hydrogens (tertiary/aromatic N) is 3. The van der Waals surface area contributed by atoms with Crippen molar-refractivity contribution in [3.63, 3.8) is 0 Å². The normalized spacial score (nSPS) is 28.1. The van der Waals surface area contributed by atoms with Crippen LogP contribution in [0.3, 0.4) is 0 Å². The maximum Gasteiger partial charge on any atom is 0.309 e. The standard InChI is InChI=1S/C20H24N4O3/c1-11-17(25)22-15-12-7-5-6-8-14(12)21-16(24(15)23-11)13-9-10-20(4,18(26)27)19(13,2)3/h5-8,13,16,21H,9-10H2,1-4H3,(H,26,27)/t13-,16+,20+/m1/s1. The highest BCUT2D eigenvalue weighted by molar-refractivity contribution is 5.77. The number of aliphatic carboxylic acids is 1. The van der Waals surface area contributed by atoms with Crippen molar-refractivity contribution in [1.82, 2.24) is 14.8 Å². The fourth-order valence-corrected chi connectivity index (χ4v) is 4.62. The smallest absolute Gasteiger partial charge is 0.309 e. The fraction of sp³-hybridized carbons (Fsp3) is 0.500. The van der Waals surface area contributed by atoms with Gasteiger partial charge in [0.15, 0.2) is 5.82 Å². The van der Waals surface area contributed by atoms with Crippen LogP contribution in [0, 0.1) is 23.7 Å². The Kier molecular flexibility index (Phi) is 3.70. The SMILES string of the molecule is Cc1nn2c(nc1=O)-c1ccccc1N[C@@H]2[C@H]1CC[C@@](C)(C(=O)O)C1(C)C. The number of carboxylic acids is 1. The second kappa shape index (κ2) is 5.65. The summed E-state index contributed by atoms with van der Waals surface area (Å²) in [4.78, 5) is 28.5. The topological polar surface area (TPSA) is 97.1 Å². The number of aromatic nitrogens is 3. The molecule has 0 saturated heterocycles. The first kappa shape index (κ1) is 17.7. The third-order valence-electron chi connectivity index (χ3n) is 6.88. The van der Waals surface area contributed by atoms with Gasteiger partial charge in [0.2, 0.25) is 0 Å². The second-order valence-electron chi connectivity index (χ2n) is 8.41. The number of hydrogen-bond acceptors (Lipinski definition) is 5. The summed E-state index contributed by atoms with van der Waals surface area (Å²) >= 11 is 0. The van der Waals surface area contributed by atoms with Crippen LogP contribution in [0.1, 0.15) is 45.5 Å². The Morgan fingerprint density at radius 1 is 1.30 bits per heavy atom.